The first-order chi connectivity index (χ1) is 9.79. The smallest absolute Gasteiger partial charge is 0.347 e. The van der Waals surface area contributed by atoms with Crippen LogP contribution in [-0.4, -0.2) is 22.0 Å². The fraction of sp³-hybridized carbons (Fsp3) is 0.357. The van der Waals surface area contributed by atoms with E-state index in [1.165, 1.54) is 0 Å². The predicted octanol–water partition coefficient (Wildman–Crippen LogP) is 2.85. The van der Waals surface area contributed by atoms with E-state index in [0.29, 0.717) is 27.8 Å². The molecule has 0 radical (unpaired) electrons. The number of carbonyl (C=O) groups excluding carboxylic acids is 1. The maximum Gasteiger partial charge on any atom is 0.347 e. The average Bonchev–Trinajstić information content (AvgIpc) is 2.92. The van der Waals surface area contributed by atoms with E-state index >= 15 is 0 Å². The molecule has 0 aliphatic heterocycles. The van der Waals surface area contributed by atoms with E-state index in [1.54, 1.807) is 33.8 Å². The van der Waals surface area contributed by atoms with E-state index in [9.17, 15) is 9.59 Å². The number of furan rings is 1. The van der Waals surface area contributed by atoms with Gasteiger partial charge in [-0.1, -0.05) is 0 Å². The molecular formula is C14H16N2O4S. The lowest BCUT2D eigenvalue weighted by Crippen LogP contribution is -2.26. The minimum atomic E-state index is -1.00. The van der Waals surface area contributed by atoms with Crippen molar-refractivity contribution in [2.24, 2.45) is 0 Å². The minimum absolute atomic E-state index is 0.196. The number of carboxylic acid groups (broad SMARTS) is 1. The van der Waals surface area contributed by atoms with E-state index in [2.05, 4.69) is 10.3 Å². The third-order valence-corrected chi connectivity index (χ3v) is 4.34. The molecule has 0 saturated heterocycles. The highest BCUT2D eigenvalue weighted by molar-refractivity contribution is 7.13. The maximum atomic E-state index is 12.2. The molecule has 112 valence electrons. The number of hydrogen-bond donors (Lipinski definition) is 2. The van der Waals surface area contributed by atoms with Crippen molar-refractivity contribution in [3.63, 3.8) is 0 Å². The molecule has 1 atom stereocenters. The second-order valence-corrected chi connectivity index (χ2v) is 5.82. The first-order valence-corrected chi connectivity index (χ1v) is 7.19. The van der Waals surface area contributed by atoms with Crippen molar-refractivity contribution in [2.75, 3.05) is 0 Å². The molecule has 2 N–H and O–H groups in total. The molecule has 0 aliphatic rings. The molecule has 6 nitrogen and oxygen atoms in total. The Morgan fingerprint density at radius 2 is 2.05 bits per heavy atom. The number of rotatable bonds is 4. The Labute approximate surface area is 125 Å². The molecule has 0 saturated carbocycles. The minimum Gasteiger partial charge on any atom is -0.477 e. The van der Waals surface area contributed by atoms with Gasteiger partial charge in [0.1, 0.15) is 21.4 Å². The number of hydrogen-bond acceptors (Lipinski definition) is 5. The van der Waals surface area contributed by atoms with Gasteiger partial charge in [-0.3, -0.25) is 4.79 Å². The molecule has 1 amide bonds. The first kappa shape index (κ1) is 15.2. The molecule has 0 bridgehead atoms. The highest BCUT2D eigenvalue weighted by Crippen LogP contribution is 2.24. The summed E-state index contributed by atoms with van der Waals surface area (Å²) in [6, 6.07) is 1.30. The van der Waals surface area contributed by atoms with Crippen molar-refractivity contribution < 1.29 is 19.1 Å². The molecule has 2 aromatic rings. The van der Waals surface area contributed by atoms with Gasteiger partial charge in [-0.05, 0) is 33.8 Å². The Hall–Kier alpha value is -2.15. The van der Waals surface area contributed by atoms with Gasteiger partial charge < -0.3 is 14.8 Å². The Morgan fingerprint density at radius 3 is 2.52 bits per heavy atom. The van der Waals surface area contributed by atoms with E-state index in [1.807, 2.05) is 0 Å². The van der Waals surface area contributed by atoms with Crippen molar-refractivity contribution >= 4 is 23.2 Å². The topological polar surface area (TPSA) is 92.4 Å². The summed E-state index contributed by atoms with van der Waals surface area (Å²) in [6.45, 7) is 6.91. The van der Waals surface area contributed by atoms with Crippen LogP contribution in [0.3, 0.4) is 0 Å². The van der Waals surface area contributed by atoms with Crippen molar-refractivity contribution in [1.82, 2.24) is 10.3 Å². The standard InChI is InChI=1S/C14H16N2O4S/c1-6-5-10(9(4)20-6)12(17)15-8(3)13-16-7(2)11(21-13)14(18)19/h5,8H,1-4H3,(H,15,17)(H,18,19). The van der Waals surface area contributed by atoms with Crippen LogP contribution in [0.2, 0.25) is 0 Å². The summed E-state index contributed by atoms with van der Waals surface area (Å²) in [5.41, 5.74) is 0.935. The predicted molar refractivity (Wildman–Crippen MR) is 77.9 cm³/mol. The molecule has 2 aromatic heterocycles. The van der Waals surface area contributed by atoms with Crippen LogP contribution in [0.1, 0.15) is 55.2 Å². The third kappa shape index (κ3) is 3.13. The molecular weight excluding hydrogens is 292 g/mol. The van der Waals surface area contributed by atoms with Crippen molar-refractivity contribution in [3.8, 4) is 0 Å². The van der Waals surface area contributed by atoms with E-state index in [0.717, 1.165) is 11.3 Å². The van der Waals surface area contributed by atoms with E-state index in [4.69, 9.17) is 9.52 Å². The SMILES string of the molecule is Cc1cc(C(=O)NC(C)c2nc(C)c(C(=O)O)s2)c(C)o1. The van der Waals surface area contributed by atoms with E-state index < -0.39 is 5.97 Å². The van der Waals surface area contributed by atoms with Gasteiger partial charge in [0.25, 0.3) is 5.91 Å². The van der Waals surface area contributed by atoms with Gasteiger partial charge in [-0.15, -0.1) is 11.3 Å². The zero-order valence-electron chi connectivity index (χ0n) is 12.2. The second-order valence-electron chi connectivity index (χ2n) is 4.79. The van der Waals surface area contributed by atoms with Crippen LogP contribution < -0.4 is 5.32 Å². The number of aromatic carboxylic acids is 1. The average molecular weight is 308 g/mol. The van der Waals surface area contributed by atoms with Gasteiger partial charge in [0.15, 0.2) is 0 Å². The van der Waals surface area contributed by atoms with Crippen LogP contribution in [-0.2, 0) is 0 Å². The highest BCUT2D eigenvalue weighted by atomic mass is 32.1. The number of thiazole rings is 1. The van der Waals surface area contributed by atoms with Gasteiger partial charge in [-0.2, -0.15) is 0 Å². The molecule has 0 aromatic carbocycles. The third-order valence-electron chi connectivity index (χ3n) is 3.01. The van der Waals surface area contributed by atoms with Gasteiger partial charge in [0.2, 0.25) is 0 Å². The Bertz CT molecular complexity index is 702. The summed E-state index contributed by atoms with van der Waals surface area (Å²) in [5, 5.41) is 12.4. The number of nitrogens with zero attached hydrogens (tertiary/aromatic N) is 1. The monoisotopic (exact) mass is 308 g/mol. The molecule has 2 heterocycles. The molecule has 21 heavy (non-hydrogen) atoms. The summed E-state index contributed by atoms with van der Waals surface area (Å²) in [5.74, 6) is -0.0417. The second kappa shape index (κ2) is 5.69. The van der Waals surface area contributed by atoms with Crippen LogP contribution >= 0.6 is 11.3 Å². The summed E-state index contributed by atoms with van der Waals surface area (Å²) in [4.78, 5) is 27.6. The Morgan fingerprint density at radius 1 is 1.38 bits per heavy atom. The number of carbonyl (C=O) groups is 2. The quantitative estimate of drug-likeness (QED) is 0.906. The summed E-state index contributed by atoms with van der Waals surface area (Å²) in [7, 11) is 0. The fourth-order valence-corrected chi connectivity index (χ4v) is 2.90. The van der Waals surface area contributed by atoms with Gasteiger partial charge in [0, 0.05) is 0 Å². The lowest BCUT2D eigenvalue weighted by Gasteiger charge is -2.10. The largest absolute Gasteiger partial charge is 0.477 e. The van der Waals surface area contributed by atoms with Crippen LogP contribution in [0, 0.1) is 20.8 Å². The fourth-order valence-electron chi connectivity index (χ4n) is 1.99. The number of aromatic nitrogens is 1. The van der Waals surface area contributed by atoms with Crippen LogP contribution in [0.15, 0.2) is 10.5 Å². The van der Waals surface area contributed by atoms with Gasteiger partial charge in [0.05, 0.1) is 17.3 Å². The first-order valence-electron chi connectivity index (χ1n) is 6.38. The number of aryl methyl sites for hydroxylation is 3. The van der Waals surface area contributed by atoms with Crippen molar-refractivity contribution in [2.45, 2.75) is 33.7 Å². The molecule has 2 rings (SSSR count). The van der Waals surface area contributed by atoms with Crippen LogP contribution in [0.4, 0.5) is 0 Å². The zero-order chi connectivity index (χ0) is 15.7. The number of nitrogens with one attached hydrogen (secondary N) is 1. The van der Waals surface area contributed by atoms with E-state index in [-0.39, 0.29) is 16.8 Å². The molecule has 7 heteroatoms. The summed E-state index contributed by atoms with van der Waals surface area (Å²) < 4.78 is 5.33. The number of amides is 1. The maximum absolute atomic E-state index is 12.2. The molecule has 1 unspecified atom stereocenters. The van der Waals surface area contributed by atoms with Gasteiger partial charge >= 0.3 is 5.97 Å². The Balaban J connectivity index is 2.16. The molecule has 0 aliphatic carbocycles. The summed E-state index contributed by atoms with van der Waals surface area (Å²) >= 11 is 1.07. The highest BCUT2D eigenvalue weighted by Gasteiger charge is 2.21. The van der Waals surface area contributed by atoms with Crippen LogP contribution in [0.5, 0.6) is 0 Å². The molecule has 0 spiro atoms. The zero-order valence-corrected chi connectivity index (χ0v) is 13.0. The van der Waals surface area contributed by atoms with Crippen molar-refractivity contribution in [3.05, 3.63) is 38.7 Å². The molecule has 0 fully saturated rings. The van der Waals surface area contributed by atoms with Crippen molar-refractivity contribution in [1.29, 1.82) is 0 Å². The Kier molecular flexibility index (Phi) is 4.13. The number of carboxylic acids is 1. The van der Waals surface area contributed by atoms with Gasteiger partial charge in [-0.25, -0.2) is 9.78 Å². The summed E-state index contributed by atoms with van der Waals surface area (Å²) in [6.07, 6.45) is 0. The lowest BCUT2D eigenvalue weighted by atomic mass is 10.2. The normalized spacial score (nSPS) is 12.2. The lowest BCUT2D eigenvalue weighted by molar-refractivity contribution is 0.0700. The van der Waals surface area contributed by atoms with Crippen LogP contribution in [0.25, 0.3) is 0 Å².